The predicted octanol–water partition coefficient (Wildman–Crippen LogP) is 2.94. The number of aryl methyl sites for hydroxylation is 1. The molecule has 1 unspecified atom stereocenters. The van der Waals surface area contributed by atoms with E-state index >= 15 is 0 Å². The van der Waals surface area contributed by atoms with E-state index in [1.54, 1.807) is 6.20 Å². The molecule has 1 heterocycles. The average Bonchev–Trinajstić information content (AvgIpc) is 2.29. The highest BCUT2D eigenvalue weighted by Gasteiger charge is 2.09. The Kier molecular flexibility index (Phi) is 2.77. The summed E-state index contributed by atoms with van der Waals surface area (Å²) < 4.78 is 0. The first kappa shape index (κ1) is 9.84. The number of aromatic nitrogens is 2. The van der Waals surface area contributed by atoms with Crippen molar-refractivity contribution in [2.45, 2.75) is 19.8 Å². The zero-order chi connectivity index (χ0) is 10.7. The SMILES string of the molecule is Cc1cccc(C(C)c2cccnn2)c1. The van der Waals surface area contributed by atoms with E-state index in [9.17, 15) is 0 Å². The summed E-state index contributed by atoms with van der Waals surface area (Å²) in [5.41, 5.74) is 3.59. The Labute approximate surface area is 90.0 Å². The fourth-order valence-electron chi connectivity index (χ4n) is 1.65. The largest absolute Gasteiger partial charge is 0.159 e. The summed E-state index contributed by atoms with van der Waals surface area (Å²) in [5.74, 6) is 0.304. The molecule has 0 aliphatic carbocycles. The molecule has 0 amide bonds. The molecule has 1 atom stereocenters. The first-order valence-electron chi connectivity index (χ1n) is 5.11. The first-order valence-corrected chi connectivity index (χ1v) is 5.11. The van der Waals surface area contributed by atoms with Crippen molar-refractivity contribution in [3.05, 3.63) is 59.4 Å². The van der Waals surface area contributed by atoms with Gasteiger partial charge in [0.1, 0.15) is 0 Å². The van der Waals surface area contributed by atoms with E-state index in [-0.39, 0.29) is 0 Å². The zero-order valence-electron chi connectivity index (χ0n) is 9.01. The molecular formula is C13H14N2. The summed E-state index contributed by atoms with van der Waals surface area (Å²) in [7, 11) is 0. The third-order valence-electron chi connectivity index (χ3n) is 2.58. The van der Waals surface area contributed by atoms with Crippen molar-refractivity contribution in [1.82, 2.24) is 10.2 Å². The summed E-state index contributed by atoms with van der Waals surface area (Å²) in [6, 6.07) is 12.4. The smallest absolute Gasteiger partial charge is 0.0703 e. The van der Waals surface area contributed by atoms with Crippen LogP contribution in [0.5, 0.6) is 0 Å². The minimum atomic E-state index is 0.304. The van der Waals surface area contributed by atoms with Gasteiger partial charge in [0.15, 0.2) is 0 Å². The van der Waals surface area contributed by atoms with Gasteiger partial charge in [0.2, 0.25) is 0 Å². The summed E-state index contributed by atoms with van der Waals surface area (Å²) >= 11 is 0. The van der Waals surface area contributed by atoms with Crippen LogP contribution in [0.15, 0.2) is 42.6 Å². The van der Waals surface area contributed by atoms with Crippen LogP contribution in [0.2, 0.25) is 0 Å². The van der Waals surface area contributed by atoms with E-state index < -0.39 is 0 Å². The molecule has 76 valence electrons. The minimum Gasteiger partial charge on any atom is -0.159 e. The Hall–Kier alpha value is -1.70. The molecule has 0 aliphatic rings. The number of benzene rings is 1. The van der Waals surface area contributed by atoms with Crippen LogP contribution in [0, 0.1) is 6.92 Å². The van der Waals surface area contributed by atoms with Gasteiger partial charge in [-0.15, -0.1) is 0 Å². The minimum absolute atomic E-state index is 0.304. The van der Waals surface area contributed by atoms with Crippen LogP contribution in [0.25, 0.3) is 0 Å². The summed E-state index contributed by atoms with van der Waals surface area (Å²) in [6.07, 6.45) is 1.70. The van der Waals surface area contributed by atoms with Crippen molar-refractivity contribution in [1.29, 1.82) is 0 Å². The van der Waals surface area contributed by atoms with Crippen molar-refractivity contribution in [2.24, 2.45) is 0 Å². The van der Waals surface area contributed by atoms with Crippen molar-refractivity contribution < 1.29 is 0 Å². The fourth-order valence-corrected chi connectivity index (χ4v) is 1.65. The second-order valence-corrected chi connectivity index (χ2v) is 3.78. The van der Waals surface area contributed by atoms with Gasteiger partial charge in [-0.05, 0) is 24.6 Å². The number of hydrogen-bond acceptors (Lipinski definition) is 2. The van der Waals surface area contributed by atoms with E-state index in [1.807, 2.05) is 12.1 Å². The van der Waals surface area contributed by atoms with E-state index in [4.69, 9.17) is 0 Å². The lowest BCUT2D eigenvalue weighted by molar-refractivity contribution is 0.822. The molecule has 0 bridgehead atoms. The van der Waals surface area contributed by atoms with Crippen molar-refractivity contribution in [2.75, 3.05) is 0 Å². The maximum absolute atomic E-state index is 4.13. The first-order chi connectivity index (χ1) is 7.27. The maximum Gasteiger partial charge on any atom is 0.0703 e. The molecule has 2 rings (SSSR count). The van der Waals surface area contributed by atoms with E-state index in [0.29, 0.717) is 5.92 Å². The highest BCUT2D eigenvalue weighted by molar-refractivity contribution is 5.30. The molecule has 0 N–H and O–H groups in total. The second-order valence-electron chi connectivity index (χ2n) is 3.78. The zero-order valence-corrected chi connectivity index (χ0v) is 9.01. The van der Waals surface area contributed by atoms with Gasteiger partial charge in [0, 0.05) is 12.1 Å². The molecule has 0 radical (unpaired) electrons. The van der Waals surface area contributed by atoms with Crippen molar-refractivity contribution in [3.8, 4) is 0 Å². The van der Waals surface area contributed by atoms with E-state index in [0.717, 1.165) is 5.69 Å². The molecule has 1 aromatic heterocycles. The Morgan fingerprint density at radius 2 is 2.00 bits per heavy atom. The third kappa shape index (κ3) is 2.21. The Balaban J connectivity index is 2.32. The quantitative estimate of drug-likeness (QED) is 0.741. The lowest BCUT2D eigenvalue weighted by atomic mass is 9.96. The molecule has 0 saturated heterocycles. The topological polar surface area (TPSA) is 25.8 Å². The molecule has 0 aliphatic heterocycles. The molecule has 2 aromatic rings. The second kappa shape index (κ2) is 4.22. The van der Waals surface area contributed by atoms with Crippen LogP contribution in [0.1, 0.15) is 29.7 Å². The van der Waals surface area contributed by atoms with Gasteiger partial charge in [-0.1, -0.05) is 36.8 Å². The number of rotatable bonds is 2. The van der Waals surface area contributed by atoms with Crippen LogP contribution in [-0.4, -0.2) is 10.2 Å². The fraction of sp³-hybridized carbons (Fsp3) is 0.231. The summed E-state index contributed by atoms with van der Waals surface area (Å²) in [4.78, 5) is 0. The van der Waals surface area contributed by atoms with E-state index in [2.05, 4.69) is 48.3 Å². The number of hydrogen-bond donors (Lipinski definition) is 0. The number of nitrogens with zero attached hydrogens (tertiary/aromatic N) is 2. The highest BCUT2D eigenvalue weighted by atomic mass is 15.1. The van der Waals surface area contributed by atoms with Gasteiger partial charge < -0.3 is 0 Å². The Bertz CT molecular complexity index is 437. The van der Waals surface area contributed by atoms with Crippen molar-refractivity contribution in [3.63, 3.8) is 0 Å². The molecule has 0 spiro atoms. The molecular weight excluding hydrogens is 184 g/mol. The summed E-state index contributed by atoms with van der Waals surface area (Å²) in [5, 5.41) is 8.04. The summed E-state index contributed by atoms with van der Waals surface area (Å²) in [6.45, 7) is 4.26. The molecule has 1 aromatic carbocycles. The van der Waals surface area contributed by atoms with Crippen LogP contribution in [-0.2, 0) is 0 Å². The predicted molar refractivity (Wildman–Crippen MR) is 60.7 cm³/mol. The van der Waals surface area contributed by atoms with Crippen LogP contribution >= 0.6 is 0 Å². The van der Waals surface area contributed by atoms with Crippen LogP contribution in [0.3, 0.4) is 0 Å². The third-order valence-corrected chi connectivity index (χ3v) is 2.58. The van der Waals surface area contributed by atoms with Gasteiger partial charge in [-0.25, -0.2) is 0 Å². The molecule has 0 fully saturated rings. The average molecular weight is 198 g/mol. The van der Waals surface area contributed by atoms with Crippen LogP contribution < -0.4 is 0 Å². The van der Waals surface area contributed by atoms with Gasteiger partial charge in [-0.2, -0.15) is 10.2 Å². The Morgan fingerprint density at radius 3 is 2.67 bits per heavy atom. The van der Waals surface area contributed by atoms with Crippen molar-refractivity contribution >= 4 is 0 Å². The molecule has 15 heavy (non-hydrogen) atoms. The molecule has 0 saturated carbocycles. The van der Waals surface area contributed by atoms with Crippen LogP contribution in [0.4, 0.5) is 0 Å². The van der Waals surface area contributed by atoms with Gasteiger partial charge in [-0.3, -0.25) is 0 Å². The van der Waals surface area contributed by atoms with Gasteiger partial charge >= 0.3 is 0 Å². The maximum atomic E-state index is 4.13. The standard InChI is InChI=1S/C13H14N2/c1-10-5-3-6-12(9-10)11(2)13-7-4-8-14-15-13/h3-9,11H,1-2H3. The normalized spacial score (nSPS) is 12.4. The Morgan fingerprint density at radius 1 is 1.13 bits per heavy atom. The molecule has 2 heteroatoms. The van der Waals surface area contributed by atoms with Gasteiger partial charge in [0.05, 0.1) is 5.69 Å². The lowest BCUT2D eigenvalue weighted by Gasteiger charge is -2.10. The highest BCUT2D eigenvalue weighted by Crippen LogP contribution is 2.22. The molecule has 2 nitrogen and oxygen atoms in total. The van der Waals surface area contributed by atoms with E-state index in [1.165, 1.54) is 11.1 Å². The monoisotopic (exact) mass is 198 g/mol. The lowest BCUT2D eigenvalue weighted by Crippen LogP contribution is -2.00. The van der Waals surface area contributed by atoms with Gasteiger partial charge in [0.25, 0.3) is 0 Å².